The van der Waals surface area contributed by atoms with Crippen LogP contribution in [0.15, 0.2) is 0 Å². The van der Waals surface area contributed by atoms with Crippen LogP contribution in [0.1, 0.15) is 446 Å². The fraction of sp³-hybridized carbons (Fsp3) is 0.952. The van der Waals surface area contributed by atoms with Crippen LogP contribution in [0.3, 0.4) is 0 Å². The molecule has 0 saturated carbocycles. The Morgan fingerprint density at radius 2 is 0.447 bits per heavy atom. The van der Waals surface area contributed by atoms with E-state index in [1.54, 1.807) is 0 Å². The molecule has 19 heteroatoms. The first-order valence-corrected chi connectivity index (χ1v) is 46.5. The third-order valence-corrected chi connectivity index (χ3v) is 21.6. The third-order valence-electron chi connectivity index (χ3n) is 19.7. The Morgan fingerprint density at radius 1 is 0.262 bits per heavy atom. The molecule has 612 valence electrons. The number of carbonyl (C=O) groups excluding carboxylic acids is 4. The molecule has 2 unspecified atom stereocenters. The zero-order chi connectivity index (χ0) is 75.6. The monoisotopic (exact) mass is 1510 g/mol. The largest absolute Gasteiger partial charge is 0.472 e. The lowest BCUT2D eigenvalue weighted by atomic mass is 10.0. The van der Waals surface area contributed by atoms with Gasteiger partial charge in [0.25, 0.3) is 0 Å². The minimum absolute atomic E-state index is 0.108. The molecule has 0 fully saturated rings. The van der Waals surface area contributed by atoms with E-state index >= 15 is 0 Å². The van der Waals surface area contributed by atoms with Gasteiger partial charge in [0, 0.05) is 25.7 Å². The van der Waals surface area contributed by atoms with Gasteiger partial charge in [-0.25, -0.2) is 9.13 Å². The lowest BCUT2D eigenvalue weighted by molar-refractivity contribution is -0.161. The molecule has 0 bridgehead atoms. The molecule has 0 amide bonds. The van der Waals surface area contributed by atoms with Gasteiger partial charge in [0.05, 0.1) is 26.4 Å². The van der Waals surface area contributed by atoms with Crippen molar-refractivity contribution in [3.8, 4) is 0 Å². The van der Waals surface area contributed by atoms with Crippen LogP contribution in [0.2, 0.25) is 0 Å². The zero-order valence-electron chi connectivity index (χ0n) is 67.6. The quantitative estimate of drug-likeness (QED) is 0.0222. The first-order valence-electron chi connectivity index (χ1n) is 43.5. The first-order chi connectivity index (χ1) is 49.9. The Labute approximate surface area is 632 Å². The fourth-order valence-corrected chi connectivity index (χ4v) is 14.6. The second-order valence-electron chi connectivity index (χ2n) is 31.2. The summed E-state index contributed by atoms with van der Waals surface area (Å²) < 4.78 is 68.8. The molecule has 17 nitrogen and oxygen atoms in total. The molecular weight excluding hydrogens is 1340 g/mol. The molecule has 0 aromatic carbocycles. The van der Waals surface area contributed by atoms with Crippen molar-refractivity contribution in [1.82, 2.24) is 0 Å². The van der Waals surface area contributed by atoms with Crippen molar-refractivity contribution in [3.05, 3.63) is 0 Å². The van der Waals surface area contributed by atoms with Crippen molar-refractivity contribution in [2.75, 3.05) is 39.6 Å². The summed E-state index contributed by atoms with van der Waals surface area (Å²) in [7, 11) is -9.92. The van der Waals surface area contributed by atoms with Gasteiger partial charge in [0.15, 0.2) is 12.2 Å². The standard InChI is InChI=1S/C84H164O17P2/c1-7-9-11-13-15-17-19-21-22-23-24-25-29-33-36-42-48-54-60-66-81(86)94-72-79(100-84(89)69-63-57-51-44-38-34-30-27-26-28-32-35-40-46-52-58-64-76(3)4)74-98-102(90,91)96-70-78(85)71-97-103(92,93)99-75-80(73-95-82(87)67-61-55-49-45-39-41-47-53-59-65-77(5)6)101-83(88)68-62-56-50-43-37-31-20-18-16-14-12-10-8-2/h76-80,85H,7-75H2,1-6H3,(H,90,91)(H,92,93)/t78-,79-,80-/m1/s1. The number of aliphatic hydroxyl groups excluding tert-OH is 1. The second-order valence-corrected chi connectivity index (χ2v) is 34.1. The first kappa shape index (κ1) is 101. The van der Waals surface area contributed by atoms with E-state index in [2.05, 4.69) is 41.5 Å². The van der Waals surface area contributed by atoms with Crippen LogP contribution < -0.4 is 0 Å². The highest BCUT2D eigenvalue weighted by atomic mass is 31.2. The van der Waals surface area contributed by atoms with Crippen LogP contribution in [0.4, 0.5) is 0 Å². The van der Waals surface area contributed by atoms with E-state index in [4.69, 9.17) is 37.0 Å². The lowest BCUT2D eigenvalue weighted by Gasteiger charge is -2.21. The van der Waals surface area contributed by atoms with Crippen LogP contribution >= 0.6 is 15.6 Å². The molecule has 103 heavy (non-hydrogen) atoms. The Bertz CT molecular complexity index is 1980. The fourth-order valence-electron chi connectivity index (χ4n) is 13.1. The van der Waals surface area contributed by atoms with Crippen molar-refractivity contribution in [2.45, 2.75) is 464 Å². The number of rotatable bonds is 83. The minimum Gasteiger partial charge on any atom is -0.462 e. The average Bonchev–Trinajstić information content (AvgIpc) is 0.925. The van der Waals surface area contributed by atoms with E-state index in [1.165, 1.54) is 263 Å². The molecule has 3 N–H and O–H groups in total. The van der Waals surface area contributed by atoms with Crippen molar-refractivity contribution in [1.29, 1.82) is 0 Å². The number of unbranched alkanes of at least 4 members (excludes halogenated alkanes) is 53. The molecule has 0 saturated heterocycles. The highest BCUT2D eigenvalue weighted by Gasteiger charge is 2.30. The lowest BCUT2D eigenvalue weighted by Crippen LogP contribution is -2.30. The molecule has 5 atom stereocenters. The predicted molar refractivity (Wildman–Crippen MR) is 423 cm³/mol. The van der Waals surface area contributed by atoms with Crippen molar-refractivity contribution >= 4 is 39.5 Å². The molecule has 0 radical (unpaired) electrons. The molecule has 0 spiro atoms. The van der Waals surface area contributed by atoms with E-state index in [-0.39, 0.29) is 25.7 Å². The van der Waals surface area contributed by atoms with E-state index < -0.39 is 97.5 Å². The number of hydrogen-bond donors (Lipinski definition) is 3. The van der Waals surface area contributed by atoms with Crippen LogP contribution in [-0.2, 0) is 65.4 Å². The molecule has 0 aliphatic carbocycles. The molecule has 0 aromatic heterocycles. The summed E-state index contributed by atoms with van der Waals surface area (Å²) >= 11 is 0. The van der Waals surface area contributed by atoms with Crippen LogP contribution in [-0.4, -0.2) is 96.7 Å². The number of aliphatic hydroxyl groups is 1. The van der Waals surface area contributed by atoms with Crippen LogP contribution in [0.25, 0.3) is 0 Å². The number of phosphoric ester groups is 2. The number of esters is 4. The van der Waals surface area contributed by atoms with Gasteiger partial charge in [-0.1, -0.05) is 395 Å². The van der Waals surface area contributed by atoms with E-state index in [9.17, 15) is 43.2 Å². The zero-order valence-corrected chi connectivity index (χ0v) is 69.4. The summed E-state index contributed by atoms with van der Waals surface area (Å²) in [6.45, 7) is 9.67. The summed E-state index contributed by atoms with van der Waals surface area (Å²) in [5.74, 6) is -0.550. The number of hydrogen-bond acceptors (Lipinski definition) is 15. The van der Waals surface area contributed by atoms with Gasteiger partial charge in [-0.05, 0) is 37.5 Å². The molecular formula is C84H164O17P2. The Balaban J connectivity index is 5.24. The maximum atomic E-state index is 13.1. The maximum Gasteiger partial charge on any atom is 0.472 e. The van der Waals surface area contributed by atoms with Crippen LogP contribution in [0, 0.1) is 11.8 Å². The summed E-state index contributed by atoms with van der Waals surface area (Å²) in [5, 5.41) is 10.7. The topological polar surface area (TPSA) is 237 Å². The molecule has 0 aromatic rings. The maximum absolute atomic E-state index is 13.1. The second kappa shape index (κ2) is 75.5. The summed E-state index contributed by atoms with van der Waals surface area (Å²) in [6, 6.07) is 0. The van der Waals surface area contributed by atoms with Gasteiger partial charge in [-0.3, -0.25) is 37.3 Å². The Morgan fingerprint density at radius 3 is 0.660 bits per heavy atom. The smallest absolute Gasteiger partial charge is 0.462 e. The number of ether oxygens (including phenoxy) is 4. The minimum atomic E-state index is -4.96. The molecule has 0 rings (SSSR count). The third kappa shape index (κ3) is 78.0. The summed E-state index contributed by atoms with van der Waals surface area (Å²) in [5.41, 5.74) is 0. The highest BCUT2D eigenvalue weighted by molar-refractivity contribution is 7.47. The summed E-state index contributed by atoms with van der Waals surface area (Å²) in [6.07, 6.45) is 66.6. The number of carbonyl (C=O) groups is 4. The van der Waals surface area contributed by atoms with Gasteiger partial charge in [-0.2, -0.15) is 0 Å². The van der Waals surface area contributed by atoms with Gasteiger partial charge < -0.3 is 33.8 Å². The molecule has 0 heterocycles. The van der Waals surface area contributed by atoms with Crippen molar-refractivity contribution in [3.63, 3.8) is 0 Å². The Kier molecular flexibility index (Phi) is 74.1. The summed E-state index contributed by atoms with van der Waals surface area (Å²) in [4.78, 5) is 73.2. The van der Waals surface area contributed by atoms with Gasteiger partial charge in [0.2, 0.25) is 0 Å². The number of phosphoric acid groups is 2. The van der Waals surface area contributed by atoms with Gasteiger partial charge in [0.1, 0.15) is 19.3 Å². The molecule has 0 aliphatic rings. The average molecular weight is 1510 g/mol. The van der Waals surface area contributed by atoms with E-state index in [0.29, 0.717) is 25.7 Å². The normalized spacial score (nSPS) is 13.9. The van der Waals surface area contributed by atoms with E-state index in [0.717, 1.165) is 102 Å². The van der Waals surface area contributed by atoms with Crippen LogP contribution in [0.5, 0.6) is 0 Å². The SMILES string of the molecule is CCCCCCCCCCCCCCCCCCCCCC(=O)OC[C@H](COP(=O)(O)OC[C@@H](O)COP(=O)(O)OC[C@@H](COC(=O)CCCCCCCCCCCC(C)C)OC(=O)CCCCCCCCCCCCCCC)OC(=O)CCCCCCCCCCCCCCCCCCC(C)C. The van der Waals surface area contributed by atoms with E-state index in [1.807, 2.05) is 0 Å². The van der Waals surface area contributed by atoms with Gasteiger partial charge >= 0.3 is 39.5 Å². The predicted octanol–water partition coefficient (Wildman–Crippen LogP) is 25.5. The highest BCUT2D eigenvalue weighted by Crippen LogP contribution is 2.45. The van der Waals surface area contributed by atoms with Crippen molar-refractivity contribution < 1.29 is 80.2 Å². The molecule has 0 aliphatic heterocycles. The van der Waals surface area contributed by atoms with Crippen molar-refractivity contribution in [2.24, 2.45) is 11.8 Å². The van der Waals surface area contributed by atoms with Gasteiger partial charge in [-0.15, -0.1) is 0 Å². The Hall–Kier alpha value is -1.94.